The van der Waals surface area contributed by atoms with Crippen molar-refractivity contribution in [2.75, 3.05) is 6.61 Å². The van der Waals surface area contributed by atoms with E-state index in [1.54, 1.807) is 6.08 Å². The van der Waals surface area contributed by atoms with E-state index in [1.807, 2.05) is 36.4 Å². The van der Waals surface area contributed by atoms with Crippen molar-refractivity contribution in [1.29, 1.82) is 0 Å². The average molecular weight is 396 g/mol. The summed E-state index contributed by atoms with van der Waals surface area (Å²) >= 11 is 7.00. The molecule has 0 aliphatic carbocycles. The molecule has 2 aromatic rings. The van der Waals surface area contributed by atoms with Gasteiger partial charge < -0.3 is 9.47 Å². The molecule has 0 amide bonds. The second-order valence-electron chi connectivity index (χ2n) is 4.47. The van der Waals surface area contributed by atoms with Crippen LogP contribution in [0.25, 0.3) is 0 Å². The van der Waals surface area contributed by atoms with Crippen molar-refractivity contribution in [1.82, 2.24) is 0 Å². The Hall–Kier alpha value is -1.10. The van der Waals surface area contributed by atoms with Gasteiger partial charge in [-0.05, 0) is 36.4 Å². The van der Waals surface area contributed by atoms with Gasteiger partial charge in [-0.2, -0.15) is 0 Å². The molecule has 0 fully saturated rings. The molecule has 4 heteroatoms. The molecule has 0 saturated heterocycles. The smallest absolute Gasteiger partial charge is 0.133 e. The third-order valence-corrected chi connectivity index (χ3v) is 4.10. The Morgan fingerprint density at radius 2 is 1.60 bits per heavy atom. The van der Waals surface area contributed by atoms with Crippen LogP contribution < -0.4 is 4.74 Å². The standard InChI is InChI=1S/C16H12Br2O2/c1-2-7-19-16-12-8-10(17)3-5-14(12)20-15-6-4-11(18)9-13(15)16/h2-6,8-9,16H,1,7H2. The van der Waals surface area contributed by atoms with E-state index in [4.69, 9.17) is 9.47 Å². The monoisotopic (exact) mass is 394 g/mol. The molecule has 20 heavy (non-hydrogen) atoms. The molecular weight excluding hydrogens is 384 g/mol. The topological polar surface area (TPSA) is 18.5 Å². The van der Waals surface area contributed by atoms with Crippen LogP contribution in [-0.2, 0) is 4.74 Å². The van der Waals surface area contributed by atoms with Crippen LogP contribution in [0.5, 0.6) is 11.5 Å². The summed E-state index contributed by atoms with van der Waals surface area (Å²) in [6.45, 7) is 4.21. The Balaban J connectivity index is 2.12. The molecule has 0 radical (unpaired) electrons. The Kier molecular flexibility index (Phi) is 3.96. The van der Waals surface area contributed by atoms with Crippen LogP contribution in [-0.4, -0.2) is 6.61 Å². The third-order valence-electron chi connectivity index (χ3n) is 3.11. The number of ether oxygens (including phenoxy) is 2. The summed E-state index contributed by atoms with van der Waals surface area (Å²) in [4.78, 5) is 0. The van der Waals surface area contributed by atoms with Crippen LogP contribution in [0.2, 0.25) is 0 Å². The van der Waals surface area contributed by atoms with E-state index in [1.165, 1.54) is 0 Å². The average Bonchev–Trinajstić information content (AvgIpc) is 2.44. The zero-order valence-corrected chi connectivity index (χ0v) is 13.8. The van der Waals surface area contributed by atoms with E-state index in [0.717, 1.165) is 31.6 Å². The number of halogens is 2. The number of fused-ring (bicyclic) bond motifs is 2. The van der Waals surface area contributed by atoms with Crippen LogP contribution in [0.4, 0.5) is 0 Å². The Morgan fingerprint density at radius 1 is 1.05 bits per heavy atom. The zero-order valence-electron chi connectivity index (χ0n) is 10.6. The largest absolute Gasteiger partial charge is 0.457 e. The van der Waals surface area contributed by atoms with Gasteiger partial charge in [0.2, 0.25) is 0 Å². The van der Waals surface area contributed by atoms with Crippen molar-refractivity contribution in [2.24, 2.45) is 0 Å². The van der Waals surface area contributed by atoms with Gasteiger partial charge in [-0.25, -0.2) is 0 Å². The predicted molar refractivity (Wildman–Crippen MR) is 86.4 cm³/mol. The van der Waals surface area contributed by atoms with Crippen molar-refractivity contribution in [3.05, 3.63) is 69.1 Å². The molecule has 0 N–H and O–H groups in total. The lowest BCUT2D eigenvalue weighted by Crippen LogP contribution is -2.13. The lowest BCUT2D eigenvalue weighted by Gasteiger charge is -2.28. The van der Waals surface area contributed by atoms with Gasteiger partial charge in [-0.1, -0.05) is 37.9 Å². The Labute approximate surface area is 134 Å². The normalized spacial score (nSPS) is 13.3. The summed E-state index contributed by atoms with van der Waals surface area (Å²) in [6, 6.07) is 11.9. The van der Waals surface area contributed by atoms with Crippen molar-refractivity contribution in [3.63, 3.8) is 0 Å². The fraction of sp³-hybridized carbons (Fsp3) is 0.125. The molecule has 102 valence electrons. The van der Waals surface area contributed by atoms with Gasteiger partial charge in [0, 0.05) is 20.1 Å². The maximum Gasteiger partial charge on any atom is 0.133 e. The summed E-state index contributed by atoms with van der Waals surface area (Å²) in [6.07, 6.45) is 1.60. The first-order valence-electron chi connectivity index (χ1n) is 6.18. The molecule has 0 spiro atoms. The Bertz CT molecular complexity index is 616. The molecule has 0 atom stereocenters. The molecule has 1 aliphatic heterocycles. The molecule has 0 saturated carbocycles. The molecule has 1 aliphatic rings. The molecule has 0 unspecified atom stereocenters. The third kappa shape index (κ3) is 2.55. The van der Waals surface area contributed by atoms with E-state index in [9.17, 15) is 0 Å². The predicted octanol–water partition coefficient (Wildman–Crippen LogP) is 5.61. The number of benzene rings is 2. The van der Waals surface area contributed by atoms with Gasteiger partial charge in [0.1, 0.15) is 17.6 Å². The highest BCUT2D eigenvalue weighted by atomic mass is 79.9. The van der Waals surface area contributed by atoms with Crippen molar-refractivity contribution in [3.8, 4) is 11.5 Å². The van der Waals surface area contributed by atoms with Crippen LogP contribution in [0, 0.1) is 0 Å². The van der Waals surface area contributed by atoms with Gasteiger partial charge in [0.15, 0.2) is 0 Å². The molecule has 2 nitrogen and oxygen atoms in total. The van der Waals surface area contributed by atoms with Gasteiger partial charge >= 0.3 is 0 Å². The highest BCUT2D eigenvalue weighted by Gasteiger charge is 2.28. The van der Waals surface area contributed by atoms with Crippen molar-refractivity contribution >= 4 is 31.9 Å². The minimum Gasteiger partial charge on any atom is -0.457 e. The number of hydrogen-bond donors (Lipinski definition) is 0. The summed E-state index contributed by atoms with van der Waals surface area (Å²) in [5, 5.41) is 0. The first-order chi connectivity index (χ1) is 9.69. The molecular formula is C16H12Br2O2. The Morgan fingerprint density at radius 3 is 2.10 bits per heavy atom. The second-order valence-corrected chi connectivity index (χ2v) is 6.30. The second kappa shape index (κ2) is 5.72. The van der Waals surface area contributed by atoms with Crippen LogP contribution in [0.1, 0.15) is 17.2 Å². The van der Waals surface area contributed by atoms with Gasteiger partial charge in [-0.3, -0.25) is 0 Å². The summed E-state index contributed by atoms with van der Waals surface area (Å²) in [5.74, 6) is 1.66. The molecule has 0 bridgehead atoms. The fourth-order valence-electron chi connectivity index (χ4n) is 2.26. The van der Waals surface area contributed by atoms with E-state index < -0.39 is 0 Å². The van der Waals surface area contributed by atoms with E-state index in [-0.39, 0.29) is 6.10 Å². The van der Waals surface area contributed by atoms with E-state index in [2.05, 4.69) is 38.4 Å². The van der Waals surface area contributed by atoms with Crippen LogP contribution in [0.15, 0.2) is 58.0 Å². The lowest BCUT2D eigenvalue weighted by molar-refractivity contribution is 0.0961. The molecule has 0 aromatic heterocycles. The summed E-state index contributed by atoms with van der Waals surface area (Å²) < 4.78 is 13.9. The zero-order chi connectivity index (χ0) is 14.1. The van der Waals surface area contributed by atoms with Crippen molar-refractivity contribution < 1.29 is 9.47 Å². The van der Waals surface area contributed by atoms with E-state index in [0.29, 0.717) is 6.61 Å². The summed E-state index contributed by atoms with van der Waals surface area (Å²) in [5.41, 5.74) is 2.04. The number of rotatable bonds is 3. The van der Waals surface area contributed by atoms with Crippen molar-refractivity contribution in [2.45, 2.75) is 6.10 Å². The SMILES string of the molecule is C=CCOC1c2cc(Br)ccc2Oc2ccc(Br)cc21. The van der Waals surface area contributed by atoms with Crippen LogP contribution in [0.3, 0.4) is 0 Å². The minimum absolute atomic E-state index is 0.151. The first kappa shape index (κ1) is 13.9. The van der Waals surface area contributed by atoms with Crippen LogP contribution >= 0.6 is 31.9 Å². The molecule has 1 heterocycles. The summed E-state index contributed by atoms with van der Waals surface area (Å²) in [7, 11) is 0. The lowest BCUT2D eigenvalue weighted by atomic mass is 9.97. The van der Waals surface area contributed by atoms with Gasteiger partial charge in [0.25, 0.3) is 0 Å². The first-order valence-corrected chi connectivity index (χ1v) is 7.77. The van der Waals surface area contributed by atoms with Gasteiger partial charge in [-0.15, -0.1) is 6.58 Å². The maximum absolute atomic E-state index is 5.96. The van der Waals surface area contributed by atoms with E-state index >= 15 is 0 Å². The van der Waals surface area contributed by atoms with Gasteiger partial charge in [0.05, 0.1) is 6.61 Å². The minimum atomic E-state index is -0.151. The highest BCUT2D eigenvalue weighted by Crippen LogP contribution is 2.46. The fourth-order valence-corrected chi connectivity index (χ4v) is 3.02. The molecule has 2 aromatic carbocycles. The quantitative estimate of drug-likeness (QED) is 0.629. The maximum atomic E-state index is 5.96. The molecule has 3 rings (SSSR count). The highest BCUT2D eigenvalue weighted by molar-refractivity contribution is 9.10. The number of hydrogen-bond acceptors (Lipinski definition) is 2.